The molecule has 0 radical (unpaired) electrons. The first-order chi connectivity index (χ1) is 10.0. The van der Waals surface area contributed by atoms with Gasteiger partial charge in [0, 0.05) is 31.9 Å². The maximum absolute atomic E-state index is 8.80. The number of aromatic nitrogens is 2. The second kappa shape index (κ2) is 6.71. The van der Waals surface area contributed by atoms with Crippen LogP contribution in [0.3, 0.4) is 0 Å². The molecule has 0 unspecified atom stereocenters. The van der Waals surface area contributed by atoms with E-state index in [1.165, 1.54) is 0 Å². The van der Waals surface area contributed by atoms with Crippen LogP contribution in [-0.4, -0.2) is 58.6 Å². The highest BCUT2D eigenvalue weighted by Crippen LogP contribution is 2.19. The third kappa shape index (κ3) is 3.60. The van der Waals surface area contributed by atoms with Gasteiger partial charge in [-0.3, -0.25) is 0 Å². The Hall–Kier alpha value is -1.89. The van der Waals surface area contributed by atoms with E-state index in [1.54, 1.807) is 6.07 Å². The summed E-state index contributed by atoms with van der Waals surface area (Å²) in [7, 11) is 2.01. The van der Waals surface area contributed by atoms with Crippen molar-refractivity contribution >= 4 is 11.8 Å². The van der Waals surface area contributed by atoms with E-state index in [9.17, 15) is 0 Å². The van der Waals surface area contributed by atoms with Gasteiger partial charge in [-0.1, -0.05) is 12.1 Å². The summed E-state index contributed by atoms with van der Waals surface area (Å²) < 4.78 is 0. The average molecular weight is 292 g/mol. The summed E-state index contributed by atoms with van der Waals surface area (Å²) in [5.74, 6) is 0.641. The second-order valence-corrected chi connectivity index (χ2v) is 5.46. The van der Waals surface area contributed by atoms with Crippen LogP contribution < -0.4 is 10.6 Å². The Bertz CT molecular complexity index is 510. The summed E-state index contributed by atoms with van der Waals surface area (Å²) in [6.45, 7) is 7.38. The molecule has 1 fully saturated rings. The van der Waals surface area contributed by atoms with Crippen molar-refractivity contribution in [1.82, 2.24) is 14.9 Å². The Labute approximate surface area is 125 Å². The van der Waals surface area contributed by atoms with Gasteiger partial charge in [0.1, 0.15) is 5.69 Å². The number of nitrogens with two attached hydrogens (primary N) is 1. The van der Waals surface area contributed by atoms with E-state index < -0.39 is 0 Å². The normalized spacial score (nSPS) is 18.0. The molecule has 0 saturated carbocycles. The summed E-state index contributed by atoms with van der Waals surface area (Å²) in [6, 6.07) is 2.14. The van der Waals surface area contributed by atoms with E-state index in [0.717, 1.165) is 38.2 Å². The molecule has 0 aromatic carbocycles. The standard InChI is InChI=1S/C14H24N6O/c1-4-20-7-5-11(6-8-20)19(3)14-16-10(2)9-12(17-14)13(15)18-21/h9,11,21H,4-8H2,1-3H3,(H2,15,18). The number of hydrogen-bond donors (Lipinski definition) is 2. The maximum atomic E-state index is 8.80. The van der Waals surface area contributed by atoms with Crippen molar-refractivity contribution < 1.29 is 5.21 Å². The summed E-state index contributed by atoms with van der Waals surface area (Å²) in [4.78, 5) is 13.4. The Morgan fingerprint density at radius 3 is 2.71 bits per heavy atom. The molecule has 3 N–H and O–H groups in total. The fourth-order valence-corrected chi connectivity index (χ4v) is 2.68. The predicted octanol–water partition coefficient (Wildman–Crippen LogP) is 0.800. The lowest BCUT2D eigenvalue weighted by molar-refractivity contribution is 0.220. The van der Waals surface area contributed by atoms with Gasteiger partial charge in [0.25, 0.3) is 0 Å². The lowest BCUT2D eigenvalue weighted by atomic mass is 10.0. The molecule has 2 heterocycles. The van der Waals surface area contributed by atoms with Crippen molar-refractivity contribution in [2.24, 2.45) is 10.9 Å². The molecule has 116 valence electrons. The molecule has 1 saturated heterocycles. The monoisotopic (exact) mass is 292 g/mol. The highest BCUT2D eigenvalue weighted by Gasteiger charge is 2.23. The van der Waals surface area contributed by atoms with Crippen LogP contribution >= 0.6 is 0 Å². The van der Waals surface area contributed by atoms with Crippen LogP contribution in [0.15, 0.2) is 11.2 Å². The van der Waals surface area contributed by atoms with Crippen LogP contribution in [-0.2, 0) is 0 Å². The third-order valence-corrected chi connectivity index (χ3v) is 4.08. The number of likely N-dealkylation sites (tertiary alicyclic amines) is 1. The molecule has 1 aromatic rings. The van der Waals surface area contributed by atoms with Crippen LogP contribution in [0.1, 0.15) is 31.2 Å². The summed E-state index contributed by atoms with van der Waals surface area (Å²) in [5, 5.41) is 11.8. The number of nitrogens with zero attached hydrogens (tertiary/aromatic N) is 5. The quantitative estimate of drug-likeness (QED) is 0.369. The Morgan fingerprint density at radius 2 is 2.14 bits per heavy atom. The van der Waals surface area contributed by atoms with E-state index in [0.29, 0.717) is 17.7 Å². The molecule has 0 aliphatic carbocycles. The number of aryl methyl sites for hydroxylation is 1. The van der Waals surface area contributed by atoms with E-state index in [1.807, 2.05) is 14.0 Å². The minimum atomic E-state index is 0.0101. The maximum Gasteiger partial charge on any atom is 0.226 e. The van der Waals surface area contributed by atoms with Gasteiger partial charge in [0.2, 0.25) is 5.95 Å². The number of amidine groups is 1. The van der Waals surface area contributed by atoms with Gasteiger partial charge in [0.05, 0.1) is 0 Å². The highest BCUT2D eigenvalue weighted by atomic mass is 16.4. The number of oxime groups is 1. The number of hydrogen-bond acceptors (Lipinski definition) is 6. The topological polar surface area (TPSA) is 90.9 Å². The Kier molecular flexibility index (Phi) is 4.95. The van der Waals surface area contributed by atoms with Crippen molar-refractivity contribution in [3.63, 3.8) is 0 Å². The van der Waals surface area contributed by atoms with Crippen LogP contribution in [0.25, 0.3) is 0 Å². The lowest BCUT2D eigenvalue weighted by Crippen LogP contribution is -2.44. The van der Waals surface area contributed by atoms with Crippen molar-refractivity contribution in [3.8, 4) is 0 Å². The van der Waals surface area contributed by atoms with Gasteiger partial charge in [-0.05, 0) is 32.4 Å². The second-order valence-electron chi connectivity index (χ2n) is 5.46. The Balaban J connectivity index is 2.16. The van der Waals surface area contributed by atoms with E-state index in [4.69, 9.17) is 10.9 Å². The first-order valence-electron chi connectivity index (χ1n) is 7.34. The predicted molar refractivity (Wildman–Crippen MR) is 82.8 cm³/mol. The fourth-order valence-electron chi connectivity index (χ4n) is 2.68. The average Bonchev–Trinajstić information content (AvgIpc) is 2.52. The zero-order valence-electron chi connectivity index (χ0n) is 13.0. The Morgan fingerprint density at radius 1 is 1.48 bits per heavy atom. The lowest BCUT2D eigenvalue weighted by Gasteiger charge is -2.36. The van der Waals surface area contributed by atoms with Crippen LogP contribution in [0.5, 0.6) is 0 Å². The molecule has 0 amide bonds. The highest BCUT2D eigenvalue weighted by molar-refractivity contribution is 5.95. The molecule has 2 rings (SSSR count). The molecule has 0 atom stereocenters. The van der Waals surface area contributed by atoms with Gasteiger partial charge >= 0.3 is 0 Å². The first-order valence-corrected chi connectivity index (χ1v) is 7.34. The molecule has 0 spiro atoms. The molecular formula is C14H24N6O. The zero-order valence-corrected chi connectivity index (χ0v) is 13.0. The van der Waals surface area contributed by atoms with E-state index >= 15 is 0 Å². The van der Waals surface area contributed by atoms with Gasteiger partial charge in [0.15, 0.2) is 5.84 Å². The largest absolute Gasteiger partial charge is 0.409 e. The fraction of sp³-hybridized carbons (Fsp3) is 0.643. The molecule has 1 aliphatic rings. The molecule has 7 heteroatoms. The van der Waals surface area contributed by atoms with Crippen molar-refractivity contribution in [2.75, 3.05) is 31.6 Å². The van der Waals surface area contributed by atoms with E-state index in [-0.39, 0.29) is 5.84 Å². The first kappa shape index (κ1) is 15.5. The van der Waals surface area contributed by atoms with Gasteiger partial charge in [-0.2, -0.15) is 0 Å². The van der Waals surface area contributed by atoms with Crippen LogP contribution in [0.2, 0.25) is 0 Å². The van der Waals surface area contributed by atoms with Gasteiger partial charge < -0.3 is 20.7 Å². The van der Waals surface area contributed by atoms with Gasteiger partial charge in [-0.15, -0.1) is 0 Å². The number of anilines is 1. The number of rotatable bonds is 4. The molecular weight excluding hydrogens is 268 g/mol. The number of piperidine rings is 1. The molecule has 0 bridgehead atoms. The summed E-state index contributed by atoms with van der Waals surface area (Å²) >= 11 is 0. The van der Waals surface area contributed by atoms with Crippen molar-refractivity contribution in [2.45, 2.75) is 32.7 Å². The van der Waals surface area contributed by atoms with Crippen molar-refractivity contribution in [1.29, 1.82) is 0 Å². The minimum Gasteiger partial charge on any atom is -0.409 e. The minimum absolute atomic E-state index is 0.0101. The third-order valence-electron chi connectivity index (χ3n) is 4.08. The summed E-state index contributed by atoms with van der Waals surface area (Å²) in [6.07, 6.45) is 2.20. The molecule has 7 nitrogen and oxygen atoms in total. The molecule has 1 aliphatic heterocycles. The van der Waals surface area contributed by atoms with Gasteiger partial charge in [-0.25, -0.2) is 9.97 Å². The summed E-state index contributed by atoms with van der Waals surface area (Å²) in [5.41, 5.74) is 6.89. The molecule has 21 heavy (non-hydrogen) atoms. The van der Waals surface area contributed by atoms with Crippen molar-refractivity contribution in [3.05, 3.63) is 17.5 Å². The van der Waals surface area contributed by atoms with Crippen LogP contribution in [0.4, 0.5) is 5.95 Å². The zero-order chi connectivity index (χ0) is 15.4. The smallest absolute Gasteiger partial charge is 0.226 e. The SMILES string of the molecule is CCN1CCC(N(C)c2nc(C)cc(/C(N)=N/O)n2)CC1. The van der Waals surface area contributed by atoms with E-state index in [2.05, 4.69) is 31.8 Å². The molecule has 1 aromatic heterocycles. The van der Waals surface area contributed by atoms with Crippen LogP contribution in [0, 0.1) is 6.92 Å².